The molecule has 5 nitrogen and oxygen atoms in total. The van der Waals surface area contributed by atoms with Gasteiger partial charge in [0.2, 0.25) is 0 Å². The molecule has 0 saturated heterocycles. The molecule has 1 heterocycles. The van der Waals surface area contributed by atoms with E-state index >= 15 is 0 Å². The van der Waals surface area contributed by atoms with Crippen LogP contribution in [0.25, 0.3) is 0 Å². The number of anilines is 1. The minimum atomic E-state index is -2.93. The van der Waals surface area contributed by atoms with E-state index in [-0.39, 0.29) is 17.5 Å². The van der Waals surface area contributed by atoms with Crippen LogP contribution in [0.5, 0.6) is 0 Å². The van der Waals surface area contributed by atoms with Gasteiger partial charge in [-0.15, -0.1) is 0 Å². The minimum absolute atomic E-state index is 0.121. The molecule has 0 radical (unpaired) electrons. The van der Waals surface area contributed by atoms with Gasteiger partial charge in [-0.3, -0.25) is 4.68 Å². The standard InChI is InChI=1S/C9H17N3O2S/c1-4-15(13,14)7-8(2)10-9-5-6-12(3)11-9/h5-6,8H,4,7H2,1-3H3,(H,10,11). The molecule has 6 heteroatoms. The number of aromatic nitrogens is 2. The van der Waals surface area contributed by atoms with Crippen LogP contribution in [0.4, 0.5) is 5.82 Å². The summed E-state index contributed by atoms with van der Waals surface area (Å²) in [6.07, 6.45) is 1.81. The van der Waals surface area contributed by atoms with Crippen molar-refractivity contribution in [2.75, 3.05) is 16.8 Å². The van der Waals surface area contributed by atoms with Crippen LogP contribution in [0.3, 0.4) is 0 Å². The monoisotopic (exact) mass is 231 g/mol. The smallest absolute Gasteiger partial charge is 0.152 e. The van der Waals surface area contributed by atoms with Crippen molar-refractivity contribution in [1.29, 1.82) is 0 Å². The van der Waals surface area contributed by atoms with Gasteiger partial charge in [0, 0.05) is 31.1 Å². The summed E-state index contributed by atoms with van der Waals surface area (Å²) in [6, 6.07) is 1.69. The Balaban J connectivity index is 2.53. The van der Waals surface area contributed by atoms with Crippen molar-refractivity contribution in [1.82, 2.24) is 9.78 Å². The molecule has 0 aliphatic heterocycles. The summed E-state index contributed by atoms with van der Waals surface area (Å²) in [5.74, 6) is 1.03. The third-order valence-electron chi connectivity index (χ3n) is 2.05. The van der Waals surface area contributed by atoms with Gasteiger partial charge < -0.3 is 5.32 Å². The fraction of sp³-hybridized carbons (Fsp3) is 0.667. The fourth-order valence-electron chi connectivity index (χ4n) is 1.28. The van der Waals surface area contributed by atoms with Gasteiger partial charge in [0.1, 0.15) is 5.82 Å². The van der Waals surface area contributed by atoms with Crippen LogP contribution in [0.2, 0.25) is 0 Å². The van der Waals surface area contributed by atoms with Crippen LogP contribution in [-0.4, -0.2) is 35.7 Å². The lowest BCUT2D eigenvalue weighted by Gasteiger charge is -2.12. The first kappa shape index (κ1) is 12.0. The van der Waals surface area contributed by atoms with E-state index in [2.05, 4.69) is 10.4 Å². The van der Waals surface area contributed by atoms with Gasteiger partial charge in [-0.05, 0) is 6.92 Å². The number of hydrogen-bond acceptors (Lipinski definition) is 4. The van der Waals surface area contributed by atoms with E-state index < -0.39 is 9.84 Å². The van der Waals surface area contributed by atoms with Gasteiger partial charge in [0.15, 0.2) is 9.84 Å². The van der Waals surface area contributed by atoms with Gasteiger partial charge in [-0.1, -0.05) is 6.92 Å². The molecule has 1 atom stereocenters. The summed E-state index contributed by atoms with van der Waals surface area (Å²) in [7, 11) is -1.11. The highest BCUT2D eigenvalue weighted by Gasteiger charge is 2.13. The van der Waals surface area contributed by atoms with E-state index in [1.807, 2.05) is 26.2 Å². The molecule has 0 spiro atoms. The zero-order valence-electron chi connectivity index (χ0n) is 9.27. The first-order valence-corrected chi connectivity index (χ1v) is 6.71. The molecule has 0 amide bonds. The van der Waals surface area contributed by atoms with Gasteiger partial charge in [-0.2, -0.15) is 5.10 Å². The molecule has 0 aliphatic rings. The Morgan fingerprint density at radius 1 is 1.60 bits per heavy atom. The molecule has 86 valence electrons. The molecule has 0 saturated carbocycles. The number of nitrogens with zero attached hydrogens (tertiary/aromatic N) is 2. The first-order valence-electron chi connectivity index (χ1n) is 4.89. The van der Waals surface area contributed by atoms with E-state index in [0.29, 0.717) is 5.82 Å². The largest absolute Gasteiger partial charge is 0.365 e. The lowest BCUT2D eigenvalue weighted by Crippen LogP contribution is -2.26. The molecular weight excluding hydrogens is 214 g/mol. The normalized spacial score (nSPS) is 13.8. The van der Waals surface area contributed by atoms with E-state index in [4.69, 9.17) is 0 Å². The molecular formula is C9H17N3O2S. The SMILES string of the molecule is CCS(=O)(=O)CC(C)Nc1ccn(C)n1. The highest BCUT2D eigenvalue weighted by molar-refractivity contribution is 7.91. The van der Waals surface area contributed by atoms with Gasteiger partial charge in [0.25, 0.3) is 0 Å². The second-order valence-corrected chi connectivity index (χ2v) is 6.02. The van der Waals surface area contributed by atoms with E-state index in [1.54, 1.807) is 11.6 Å². The zero-order valence-corrected chi connectivity index (χ0v) is 10.1. The number of aryl methyl sites for hydroxylation is 1. The van der Waals surface area contributed by atoms with Crippen molar-refractivity contribution in [3.05, 3.63) is 12.3 Å². The van der Waals surface area contributed by atoms with E-state index in [1.165, 1.54) is 0 Å². The molecule has 1 aromatic heterocycles. The Morgan fingerprint density at radius 2 is 2.27 bits per heavy atom. The fourth-order valence-corrected chi connectivity index (χ4v) is 2.37. The maximum absolute atomic E-state index is 11.3. The number of nitrogens with one attached hydrogen (secondary N) is 1. The Kier molecular flexibility index (Phi) is 3.73. The van der Waals surface area contributed by atoms with Crippen LogP contribution in [0, 0.1) is 0 Å². The average molecular weight is 231 g/mol. The summed E-state index contributed by atoms with van der Waals surface area (Å²) < 4.78 is 24.3. The average Bonchev–Trinajstić information content (AvgIpc) is 2.50. The second-order valence-electron chi connectivity index (χ2n) is 3.62. The van der Waals surface area contributed by atoms with Gasteiger partial charge >= 0.3 is 0 Å². The van der Waals surface area contributed by atoms with Crippen LogP contribution >= 0.6 is 0 Å². The Morgan fingerprint density at radius 3 is 2.73 bits per heavy atom. The number of sulfone groups is 1. The van der Waals surface area contributed by atoms with Crippen LogP contribution in [0.1, 0.15) is 13.8 Å². The van der Waals surface area contributed by atoms with Gasteiger partial charge in [0.05, 0.1) is 5.75 Å². The second kappa shape index (κ2) is 4.65. The molecule has 0 bridgehead atoms. The number of hydrogen-bond donors (Lipinski definition) is 1. The first-order chi connectivity index (χ1) is 6.93. The Hall–Kier alpha value is -1.04. The highest BCUT2D eigenvalue weighted by atomic mass is 32.2. The predicted molar refractivity (Wildman–Crippen MR) is 60.6 cm³/mol. The van der Waals surface area contributed by atoms with Crippen molar-refractivity contribution >= 4 is 15.7 Å². The van der Waals surface area contributed by atoms with Crippen molar-refractivity contribution in [3.8, 4) is 0 Å². The third-order valence-corrected chi connectivity index (χ3v) is 3.94. The zero-order chi connectivity index (χ0) is 11.5. The number of rotatable bonds is 5. The maximum Gasteiger partial charge on any atom is 0.152 e. The maximum atomic E-state index is 11.3. The van der Waals surface area contributed by atoms with E-state index in [9.17, 15) is 8.42 Å². The van der Waals surface area contributed by atoms with Crippen molar-refractivity contribution in [3.63, 3.8) is 0 Å². The Bertz CT molecular complexity index is 411. The quantitative estimate of drug-likeness (QED) is 0.808. The molecule has 1 N–H and O–H groups in total. The minimum Gasteiger partial charge on any atom is -0.365 e. The topological polar surface area (TPSA) is 64.0 Å². The summed E-state index contributed by atoms with van der Waals surface area (Å²) in [4.78, 5) is 0. The van der Waals surface area contributed by atoms with Crippen LogP contribution in [0.15, 0.2) is 12.3 Å². The van der Waals surface area contributed by atoms with E-state index in [0.717, 1.165) is 0 Å². The molecule has 0 fully saturated rings. The Labute approximate surface area is 90.4 Å². The van der Waals surface area contributed by atoms with Crippen LogP contribution < -0.4 is 5.32 Å². The van der Waals surface area contributed by atoms with Gasteiger partial charge in [-0.25, -0.2) is 8.42 Å². The molecule has 1 aromatic rings. The summed E-state index contributed by atoms with van der Waals surface area (Å²) in [5, 5.41) is 7.16. The summed E-state index contributed by atoms with van der Waals surface area (Å²) in [6.45, 7) is 3.49. The third kappa shape index (κ3) is 3.91. The lowest BCUT2D eigenvalue weighted by atomic mass is 10.4. The summed E-state index contributed by atoms with van der Waals surface area (Å²) in [5.41, 5.74) is 0. The summed E-state index contributed by atoms with van der Waals surface area (Å²) >= 11 is 0. The predicted octanol–water partition coefficient (Wildman–Crippen LogP) is 0.655. The highest BCUT2D eigenvalue weighted by Crippen LogP contribution is 2.05. The van der Waals surface area contributed by atoms with Crippen molar-refractivity contribution in [2.24, 2.45) is 7.05 Å². The molecule has 1 unspecified atom stereocenters. The van der Waals surface area contributed by atoms with Crippen molar-refractivity contribution in [2.45, 2.75) is 19.9 Å². The molecule has 0 aromatic carbocycles. The molecule has 15 heavy (non-hydrogen) atoms. The molecule has 1 rings (SSSR count). The lowest BCUT2D eigenvalue weighted by molar-refractivity contribution is 0.593. The van der Waals surface area contributed by atoms with Crippen LogP contribution in [-0.2, 0) is 16.9 Å². The van der Waals surface area contributed by atoms with Crippen molar-refractivity contribution < 1.29 is 8.42 Å². The molecule has 0 aliphatic carbocycles.